The largest absolute Gasteiger partial charge is 0.444 e. The van der Waals surface area contributed by atoms with Crippen LogP contribution in [0.5, 0.6) is 0 Å². The van der Waals surface area contributed by atoms with Gasteiger partial charge in [0.15, 0.2) is 0 Å². The molecule has 0 unspecified atom stereocenters. The highest BCUT2D eigenvalue weighted by atomic mass is 35.5. The summed E-state index contributed by atoms with van der Waals surface area (Å²) in [4.78, 5) is 11.4. The molecule has 1 aromatic rings. The van der Waals surface area contributed by atoms with Gasteiger partial charge in [0, 0.05) is 24.2 Å². The Bertz CT molecular complexity index is 539. The number of ether oxygens (including phenoxy) is 1. The highest BCUT2D eigenvalue weighted by Gasteiger charge is 2.15. The van der Waals surface area contributed by atoms with Gasteiger partial charge in [-0.05, 0) is 39.0 Å². The molecule has 0 atom stereocenters. The average molecular weight is 295 g/mol. The van der Waals surface area contributed by atoms with Crippen LogP contribution in [-0.4, -0.2) is 18.2 Å². The van der Waals surface area contributed by atoms with Crippen LogP contribution >= 0.6 is 11.6 Å². The van der Waals surface area contributed by atoms with E-state index in [1.807, 2.05) is 20.8 Å². The van der Waals surface area contributed by atoms with E-state index in [0.717, 1.165) is 5.56 Å². The lowest BCUT2D eigenvalue weighted by molar-refractivity contribution is 0.0529. The first kappa shape index (κ1) is 16.2. The number of amides is 1. The van der Waals surface area contributed by atoms with Crippen LogP contribution in [0.2, 0.25) is 5.02 Å². The van der Waals surface area contributed by atoms with Gasteiger partial charge < -0.3 is 15.8 Å². The molecule has 3 N–H and O–H groups in total. The minimum atomic E-state index is -0.493. The summed E-state index contributed by atoms with van der Waals surface area (Å²) in [5.74, 6) is 5.87. The van der Waals surface area contributed by atoms with Crippen molar-refractivity contribution in [2.75, 3.05) is 12.3 Å². The van der Waals surface area contributed by atoms with E-state index in [1.54, 1.807) is 18.2 Å². The number of nitrogens with one attached hydrogen (secondary N) is 1. The fourth-order valence-electron chi connectivity index (χ4n) is 1.33. The van der Waals surface area contributed by atoms with E-state index in [0.29, 0.717) is 23.7 Å². The molecule has 1 rings (SSSR count). The predicted molar refractivity (Wildman–Crippen MR) is 81.6 cm³/mol. The second kappa shape index (κ2) is 7.06. The third kappa shape index (κ3) is 6.35. The number of anilines is 1. The van der Waals surface area contributed by atoms with Crippen LogP contribution in [0.15, 0.2) is 18.2 Å². The Hall–Kier alpha value is -1.86. The lowest BCUT2D eigenvalue weighted by Crippen LogP contribution is -2.32. The van der Waals surface area contributed by atoms with Gasteiger partial charge in [-0.3, -0.25) is 0 Å². The topological polar surface area (TPSA) is 64.3 Å². The summed E-state index contributed by atoms with van der Waals surface area (Å²) in [6, 6.07) is 5.17. The zero-order chi connectivity index (χ0) is 15.2. The smallest absolute Gasteiger partial charge is 0.407 e. The number of nitrogen functional groups attached to an aromatic ring is 1. The van der Waals surface area contributed by atoms with Crippen molar-refractivity contribution in [3.05, 3.63) is 28.8 Å². The van der Waals surface area contributed by atoms with Gasteiger partial charge in [0.25, 0.3) is 0 Å². The maximum atomic E-state index is 11.4. The zero-order valence-corrected chi connectivity index (χ0v) is 12.7. The number of hydrogen-bond donors (Lipinski definition) is 2. The third-order valence-corrected chi connectivity index (χ3v) is 2.45. The number of hydrogen-bond acceptors (Lipinski definition) is 3. The summed E-state index contributed by atoms with van der Waals surface area (Å²) in [7, 11) is 0. The van der Waals surface area contributed by atoms with Gasteiger partial charge in [-0.2, -0.15) is 0 Å². The molecule has 1 aromatic carbocycles. The first-order chi connectivity index (χ1) is 9.28. The Balaban J connectivity index is 2.38. The molecule has 4 nitrogen and oxygen atoms in total. The summed E-state index contributed by atoms with van der Waals surface area (Å²) < 4.78 is 5.10. The van der Waals surface area contributed by atoms with Crippen molar-refractivity contribution < 1.29 is 9.53 Å². The molecular weight excluding hydrogens is 276 g/mol. The van der Waals surface area contributed by atoms with Crippen LogP contribution in [-0.2, 0) is 4.74 Å². The van der Waals surface area contributed by atoms with Crippen molar-refractivity contribution in [1.29, 1.82) is 0 Å². The molecule has 5 heteroatoms. The van der Waals surface area contributed by atoms with Crippen LogP contribution in [0.1, 0.15) is 32.8 Å². The standard InChI is InChI=1S/C15H19ClN2O2/c1-15(2,3)20-14(19)18-9-5-4-6-11-7-8-12(17)10-13(11)16/h7-8,10H,5,9,17H2,1-3H3,(H,18,19). The molecule has 0 saturated carbocycles. The predicted octanol–water partition coefficient (Wildman–Crippen LogP) is 3.19. The molecule has 0 radical (unpaired) electrons. The number of carbonyl (C=O) groups is 1. The Morgan fingerprint density at radius 1 is 1.45 bits per heavy atom. The van der Waals surface area contributed by atoms with Crippen LogP contribution in [0.3, 0.4) is 0 Å². The molecule has 0 heterocycles. The molecule has 1 amide bonds. The quantitative estimate of drug-likeness (QED) is 0.500. The number of alkyl carbamates (subject to hydrolysis) is 1. The van der Waals surface area contributed by atoms with E-state index in [9.17, 15) is 4.79 Å². The maximum Gasteiger partial charge on any atom is 0.407 e. The number of carbonyl (C=O) groups excluding carboxylic acids is 1. The first-order valence-electron chi connectivity index (χ1n) is 6.29. The Morgan fingerprint density at radius 3 is 2.75 bits per heavy atom. The van der Waals surface area contributed by atoms with Crippen LogP contribution in [0, 0.1) is 11.8 Å². The lowest BCUT2D eigenvalue weighted by Gasteiger charge is -2.19. The maximum absolute atomic E-state index is 11.4. The van der Waals surface area contributed by atoms with Crippen molar-refractivity contribution in [1.82, 2.24) is 5.32 Å². The van der Waals surface area contributed by atoms with Gasteiger partial charge >= 0.3 is 6.09 Å². The Morgan fingerprint density at radius 2 is 2.15 bits per heavy atom. The summed E-state index contributed by atoms with van der Waals surface area (Å²) in [6.45, 7) is 5.87. The number of benzene rings is 1. The molecule has 0 aliphatic heterocycles. The van der Waals surface area contributed by atoms with E-state index in [-0.39, 0.29) is 0 Å². The van der Waals surface area contributed by atoms with E-state index in [2.05, 4.69) is 17.2 Å². The summed E-state index contributed by atoms with van der Waals surface area (Å²) in [5.41, 5.74) is 6.43. The Kier molecular flexibility index (Phi) is 5.72. The van der Waals surface area contributed by atoms with Gasteiger partial charge in [-0.1, -0.05) is 23.4 Å². The van der Waals surface area contributed by atoms with Crippen molar-refractivity contribution in [2.24, 2.45) is 0 Å². The van der Waals surface area contributed by atoms with Crippen molar-refractivity contribution in [3.8, 4) is 11.8 Å². The lowest BCUT2D eigenvalue weighted by atomic mass is 10.2. The van der Waals surface area contributed by atoms with Crippen LogP contribution in [0.4, 0.5) is 10.5 Å². The van der Waals surface area contributed by atoms with Gasteiger partial charge in [-0.25, -0.2) is 4.79 Å². The van der Waals surface area contributed by atoms with Gasteiger partial charge in [0.05, 0.1) is 5.02 Å². The SMILES string of the molecule is CC(C)(C)OC(=O)NCCC#Cc1ccc(N)cc1Cl. The second-order valence-electron chi connectivity index (χ2n) is 5.22. The van der Waals surface area contributed by atoms with Gasteiger partial charge in [0.1, 0.15) is 5.60 Å². The zero-order valence-electron chi connectivity index (χ0n) is 11.9. The van der Waals surface area contributed by atoms with E-state index in [1.165, 1.54) is 0 Å². The molecule has 0 fully saturated rings. The van der Waals surface area contributed by atoms with Crippen molar-refractivity contribution >= 4 is 23.4 Å². The van der Waals surface area contributed by atoms with Gasteiger partial charge in [0.2, 0.25) is 0 Å². The van der Waals surface area contributed by atoms with Crippen LogP contribution in [0.25, 0.3) is 0 Å². The first-order valence-corrected chi connectivity index (χ1v) is 6.66. The molecule has 20 heavy (non-hydrogen) atoms. The van der Waals surface area contributed by atoms with E-state index in [4.69, 9.17) is 22.1 Å². The molecule has 108 valence electrons. The average Bonchev–Trinajstić information content (AvgIpc) is 2.28. The fourth-order valence-corrected chi connectivity index (χ4v) is 1.57. The Labute approximate surface area is 124 Å². The molecule has 0 saturated heterocycles. The molecule has 0 bridgehead atoms. The highest BCUT2D eigenvalue weighted by Crippen LogP contribution is 2.17. The molecule has 0 aliphatic rings. The molecule has 0 aromatic heterocycles. The van der Waals surface area contributed by atoms with E-state index >= 15 is 0 Å². The van der Waals surface area contributed by atoms with E-state index < -0.39 is 11.7 Å². The summed E-state index contributed by atoms with van der Waals surface area (Å²) in [5, 5.41) is 3.16. The minimum Gasteiger partial charge on any atom is -0.444 e. The normalized spacial score (nSPS) is 10.4. The summed E-state index contributed by atoms with van der Waals surface area (Å²) >= 11 is 5.99. The highest BCUT2D eigenvalue weighted by molar-refractivity contribution is 6.32. The number of halogens is 1. The van der Waals surface area contributed by atoms with Crippen LogP contribution < -0.4 is 11.1 Å². The molecule has 0 aliphatic carbocycles. The van der Waals surface area contributed by atoms with Crippen molar-refractivity contribution in [3.63, 3.8) is 0 Å². The second-order valence-corrected chi connectivity index (χ2v) is 5.63. The van der Waals surface area contributed by atoms with Gasteiger partial charge in [-0.15, -0.1) is 0 Å². The summed E-state index contributed by atoms with van der Waals surface area (Å²) in [6.07, 6.45) is 0.0739. The number of nitrogens with two attached hydrogens (primary N) is 1. The fraction of sp³-hybridized carbons (Fsp3) is 0.400. The molecular formula is C15H19ClN2O2. The number of rotatable bonds is 2. The monoisotopic (exact) mass is 294 g/mol. The minimum absolute atomic E-state index is 0.425. The third-order valence-electron chi connectivity index (χ3n) is 2.13. The molecule has 0 spiro atoms. The van der Waals surface area contributed by atoms with Crippen molar-refractivity contribution in [2.45, 2.75) is 32.8 Å².